The molecule has 1 rings (SSSR count). The van der Waals surface area contributed by atoms with Crippen molar-refractivity contribution in [1.29, 1.82) is 0 Å². The van der Waals surface area contributed by atoms with E-state index in [2.05, 4.69) is 4.74 Å². The highest BCUT2D eigenvalue weighted by Gasteiger charge is 2.10. The maximum Gasteiger partial charge on any atom is 0.387 e. The average molecular weight is 218 g/mol. The number of hydrogen-bond donors (Lipinski definition) is 0. The lowest BCUT2D eigenvalue weighted by molar-refractivity contribution is -0.116. The van der Waals surface area contributed by atoms with Gasteiger partial charge in [0.2, 0.25) is 0 Å². The minimum absolute atomic E-state index is 0.0693. The lowest BCUT2D eigenvalue weighted by Crippen LogP contribution is -2.05. The molecule has 0 N–H and O–H groups in total. The SMILES string of the molecule is CC(=O)Cc1ccc(F)c(OC(F)F)c1. The highest BCUT2D eigenvalue weighted by atomic mass is 19.3. The number of Topliss-reactive ketones (excluding diaryl/α,β-unsaturated/α-hetero) is 1. The zero-order valence-electron chi connectivity index (χ0n) is 7.97. The first-order chi connectivity index (χ1) is 6.99. The van der Waals surface area contributed by atoms with Crippen molar-refractivity contribution in [1.82, 2.24) is 0 Å². The van der Waals surface area contributed by atoms with Gasteiger partial charge in [-0.05, 0) is 24.6 Å². The van der Waals surface area contributed by atoms with Crippen molar-refractivity contribution in [3.05, 3.63) is 29.6 Å². The third kappa shape index (κ3) is 3.61. The van der Waals surface area contributed by atoms with E-state index in [0.29, 0.717) is 5.56 Å². The maximum absolute atomic E-state index is 12.9. The maximum atomic E-state index is 12.9. The van der Waals surface area contributed by atoms with Crippen molar-refractivity contribution < 1.29 is 22.7 Å². The molecule has 0 unspecified atom stereocenters. The predicted molar refractivity (Wildman–Crippen MR) is 47.4 cm³/mol. The lowest BCUT2D eigenvalue weighted by Gasteiger charge is -2.07. The summed E-state index contributed by atoms with van der Waals surface area (Å²) in [6, 6.07) is 3.45. The minimum Gasteiger partial charge on any atom is -0.432 e. The van der Waals surface area contributed by atoms with Crippen LogP contribution in [0.3, 0.4) is 0 Å². The summed E-state index contributed by atoms with van der Waals surface area (Å²) in [7, 11) is 0. The van der Waals surface area contributed by atoms with Crippen LogP contribution < -0.4 is 4.74 Å². The Bertz CT molecular complexity index is 364. The highest BCUT2D eigenvalue weighted by Crippen LogP contribution is 2.21. The summed E-state index contributed by atoms with van der Waals surface area (Å²) in [6.07, 6.45) is 0.0693. The highest BCUT2D eigenvalue weighted by molar-refractivity contribution is 5.78. The molecule has 1 aromatic rings. The largest absolute Gasteiger partial charge is 0.432 e. The quantitative estimate of drug-likeness (QED) is 0.776. The Morgan fingerprint density at radius 1 is 1.47 bits per heavy atom. The van der Waals surface area contributed by atoms with Gasteiger partial charge in [0.1, 0.15) is 5.78 Å². The number of alkyl halides is 2. The molecule has 0 heterocycles. The first kappa shape index (κ1) is 11.6. The summed E-state index contributed by atoms with van der Waals surface area (Å²) in [4.78, 5) is 10.7. The Labute approximate surface area is 84.7 Å². The van der Waals surface area contributed by atoms with E-state index in [0.717, 1.165) is 12.1 Å². The fourth-order valence-electron chi connectivity index (χ4n) is 1.13. The number of hydrogen-bond acceptors (Lipinski definition) is 2. The Morgan fingerprint density at radius 2 is 2.13 bits per heavy atom. The van der Waals surface area contributed by atoms with Gasteiger partial charge in [0.05, 0.1) is 0 Å². The van der Waals surface area contributed by atoms with Gasteiger partial charge in [0.15, 0.2) is 11.6 Å². The van der Waals surface area contributed by atoms with Crippen LogP contribution in [0.2, 0.25) is 0 Å². The van der Waals surface area contributed by atoms with Crippen molar-refractivity contribution >= 4 is 5.78 Å². The Kier molecular flexibility index (Phi) is 3.71. The van der Waals surface area contributed by atoms with E-state index in [9.17, 15) is 18.0 Å². The van der Waals surface area contributed by atoms with Crippen LogP contribution in [0.15, 0.2) is 18.2 Å². The second-order valence-corrected chi connectivity index (χ2v) is 3.02. The molecule has 0 aliphatic rings. The Hall–Kier alpha value is -1.52. The monoisotopic (exact) mass is 218 g/mol. The van der Waals surface area contributed by atoms with Crippen LogP contribution in [-0.2, 0) is 11.2 Å². The zero-order valence-corrected chi connectivity index (χ0v) is 7.97. The van der Waals surface area contributed by atoms with Gasteiger partial charge in [0.25, 0.3) is 0 Å². The fraction of sp³-hybridized carbons (Fsp3) is 0.300. The summed E-state index contributed by atoms with van der Waals surface area (Å²) in [5.41, 5.74) is 0.444. The third-order valence-corrected chi connectivity index (χ3v) is 1.66. The van der Waals surface area contributed by atoms with E-state index in [1.165, 1.54) is 13.0 Å². The predicted octanol–water partition coefficient (Wildman–Crippen LogP) is 2.56. The number of ketones is 1. The molecular formula is C10H9F3O2. The van der Waals surface area contributed by atoms with E-state index in [1.807, 2.05) is 0 Å². The first-order valence-electron chi connectivity index (χ1n) is 4.21. The van der Waals surface area contributed by atoms with Crippen molar-refractivity contribution in [2.24, 2.45) is 0 Å². The van der Waals surface area contributed by atoms with Crippen LogP contribution in [0, 0.1) is 5.82 Å². The first-order valence-corrected chi connectivity index (χ1v) is 4.21. The topological polar surface area (TPSA) is 26.3 Å². The van der Waals surface area contributed by atoms with E-state index in [1.54, 1.807) is 0 Å². The molecule has 0 saturated carbocycles. The van der Waals surface area contributed by atoms with Gasteiger partial charge >= 0.3 is 6.61 Å². The third-order valence-electron chi connectivity index (χ3n) is 1.66. The van der Waals surface area contributed by atoms with Crippen LogP contribution in [0.5, 0.6) is 5.75 Å². The molecule has 0 bridgehead atoms. The van der Waals surface area contributed by atoms with Crippen molar-refractivity contribution in [2.45, 2.75) is 20.0 Å². The van der Waals surface area contributed by atoms with Gasteiger partial charge in [-0.15, -0.1) is 0 Å². The van der Waals surface area contributed by atoms with Gasteiger partial charge in [-0.2, -0.15) is 8.78 Å². The summed E-state index contributed by atoms with van der Waals surface area (Å²) in [6.45, 7) is -1.72. The lowest BCUT2D eigenvalue weighted by atomic mass is 10.1. The Balaban J connectivity index is 2.89. The summed E-state index contributed by atoms with van der Waals surface area (Å²) >= 11 is 0. The van der Waals surface area contributed by atoms with Crippen LogP contribution in [-0.4, -0.2) is 12.4 Å². The normalized spacial score (nSPS) is 10.5. The van der Waals surface area contributed by atoms with Crippen LogP contribution in [0.4, 0.5) is 13.2 Å². The van der Waals surface area contributed by atoms with Crippen LogP contribution >= 0.6 is 0 Å². The minimum atomic E-state index is -3.08. The van der Waals surface area contributed by atoms with Gasteiger partial charge < -0.3 is 4.74 Å². The number of ether oxygens (including phenoxy) is 1. The molecule has 2 nitrogen and oxygen atoms in total. The fourth-order valence-corrected chi connectivity index (χ4v) is 1.13. The van der Waals surface area contributed by atoms with Crippen molar-refractivity contribution in [3.63, 3.8) is 0 Å². The summed E-state index contributed by atoms with van der Waals surface area (Å²) in [5.74, 6) is -1.55. The number of rotatable bonds is 4. The van der Waals surface area contributed by atoms with Gasteiger partial charge in [-0.3, -0.25) is 4.79 Å². The molecule has 0 radical (unpaired) electrons. The van der Waals surface area contributed by atoms with E-state index in [-0.39, 0.29) is 12.2 Å². The van der Waals surface area contributed by atoms with Crippen LogP contribution in [0.25, 0.3) is 0 Å². The zero-order chi connectivity index (χ0) is 11.4. The van der Waals surface area contributed by atoms with Crippen LogP contribution in [0.1, 0.15) is 12.5 Å². The van der Waals surface area contributed by atoms with Crippen molar-refractivity contribution in [2.75, 3.05) is 0 Å². The molecular weight excluding hydrogens is 209 g/mol. The average Bonchev–Trinajstić information content (AvgIpc) is 2.09. The molecule has 0 aliphatic heterocycles. The number of halogens is 3. The van der Waals surface area contributed by atoms with Gasteiger partial charge in [-0.1, -0.05) is 6.07 Å². The Morgan fingerprint density at radius 3 is 2.67 bits per heavy atom. The smallest absolute Gasteiger partial charge is 0.387 e. The molecule has 0 spiro atoms. The van der Waals surface area contributed by atoms with Gasteiger partial charge in [0, 0.05) is 6.42 Å². The van der Waals surface area contributed by atoms with E-state index >= 15 is 0 Å². The molecule has 82 valence electrons. The molecule has 5 heteroatoms. The number of benzene rings is 1. The molecule has 0 amide bonds. The molecule has 0 saturated heterocycles. The standard InChI is InChI=1S/C10H9F3O2/c1-6(14)4-7-2-3-8(11)9(5-7)15-10(12)13/h2-3,5,10H,4H2,1H3. The molecule has 0 aliphatic carbocycles. The molecule has 0 aromatic heterocycles. The summed E-state index contributed by atoms with van der Waals surface area (Å²) in [5, 5.41) is 0. The van der Waals surface area contributed by atoms with E-state index in [4.69, 9.17) is 0 Å². The van der Waals surface area contributed by atoms with E-state index < -0.39 is 18.2 Å². The summed E-state index contributed by atoms with van der Waals surface area (Å²) < 4.78 is 40.5. The molecule has 0 fully saturated rings. The second-order valence-electron chi connectivity index (χ2n) is 3.02. The number of carbonyl (C=O) groups is 1. The van der Waals surface area contributed by atoms with Gasteiger partial charge in [-0.25, -0.2) is 4.39 Å². The molecule has 1 aromatic carbocycles. The molecule has 15 heavy (non-hydrogen) atoms. The number of carbonyl (C=O) groups excluding carboxylic acids is 1. The molecule has 0 atom stereocenters. The second kappa shape index (κ2) is 4.82. The van der Waals surface area contributed by atoms with Crippen molar-refractivity contribution in [3.8, 4) is 5.75 Å².